The average Bonchev–Trinajstić information content (AvgIpc) is 2.37. The molecule has 0 radical (unpaired) electrons. The van der Waals surface area contributed by atoms with Crippen LogP contribution in [0, 0.1) is 5.82 Å². The third-order valence-corrected chi connectivity index (χ3v) is 4.09. The van der Waals surface area contributed by atoms with Crippen LogP contribution in [-0.4, -0.2) is 5.11 Å². The van der Waals surface area contributed by atoms with E-state index in [4.69, 9.17) is 23.2 Å². The lowest BCUT2D eigenvalue weighted by Gasteiger charge is -2.12. The number of hydrogen-bond acceptors (Lipinski definition) is 1. The molecule has 1 atom stereocenters. The van der Waals surface area contributed by atoms with E-state index in [2.05, 4.69) is 15.9 Å². The van der Waals surface area contributed by atoms with Gasteiger partial charge in [-0.1, -0.05) is 35.3 Å². The highest BCUT2D eigenvalue weighted by atomic mass is 79.9. The van der Waals surface area contributed by atoms with Gasteiger partial charge < -0.3 is 5.11 Å². The third kappa shape index (κ3) is 3.69. The lowest BCUT2D eigenvalue weighted by molar-refractivity contribution is 0.178. The molecule has 2 aromatic carbocycles. The molecule has 0 aliphatic heterocycles. The number of aliphatic hydroxyl groups excluding tert-OH is 1. The second-order valence-electron chi connectivity index (χ2n) is 4.14. The van der Waals surface area contributed by atoms with Crippen molar-refractivity contribution in [2.24, 2.45) is 0 Å². The molecular formula is C14H10BrCl2FO. The molecule has 2 aromatic rings. The minimum absolute atomic E-state index is 0.332. The summed E-state index contributed by atoms with van der Waals surface area (Å²) in [4.78, 5) is 0. The van der Waals surface area contributed by atoms with Gasteiger partial charge in [-0.2, -0.15) is 0 Å². The van der Waals surface area contributed by atoms with Gasteiger partial charge in [-0.15, -0.1) is 0 Å². The Labute approximate surface area is 129 Å². The fourth-order valence-electron chi connectivity index (χ4n) is 1.73. The van der Waals surface area contributed by atoms with Gasteiger partial charge in [-0.3, -0.25) is 0 Å². The van der Waals surface area contributed by atoms with Gasteiger partial charge in [0.2, 0.25) is 0 Å². The summed E-state index contributed by atoms with van der Waals surface area (Å²) in [6.45, 7) is 0. The van der Waals surface area contributed by atoms with E-state index in [1.54, 1.807) is 30.3 Å². The minimum Gasteiger partial charge on any atom is -0.388 e. The van der Waals surface area contributed by atoms with Gasteiger partial charge in [0, 0.05) is 6.42 Å². The molecular weight excluding hydrogens is 354 g/mol. The molecule has 0 spiro atoms. The normalized spacial score (nSPS) is 12.5. The standard InChI is InChI=1S/C14H10BrCl2FO/c15-10-7-9(2-4-13(10)18)14(19)6-8-1-3-11(16)12(17)5-8/h1-5,7,14,19H,6H2. The van der Waals surface area contributed by atoms with Crippen LogP contribution in [-0.2, 0) is 6.42 Å². The van der Waals surface area contributed by atoms with Crippen molar-refractivity contribution in [1.29, 1.82) is 0 Å². The lowest BCUT2D eigenvalue weighted by Crippen LogP contribution is -2.02. The maximum atomic E-state index is 13.1. The molecule has 0 saturated heterocycles. The molecule has 19 heavy (non-hydrogen) atoms. The quantitative estimate of drug-likeness (QED) is 0.797. The molecule has 1 nitrogen and oxygen atoms in total. The fourth-order valence-corrected chi connectivity index (χ4v) is 2.44. The van der Waals surface area contributed by atoms with Crippen LogP contribution in [0.3, 0.4) is 0 Å². The van der Waals surface area contributed by atoms with Crippen molar-refractivity contribution >= 4 is 39.1 Å². The van der Waals surface area contributed by atoms with Crippen LogP contribution in [0.25, 0.3) is 0 Å². The summed E-state index contributed by atoms with van der Waals surface area (Å²) in [7, 11) is 0. The first-order valence-corrected chi connectivity index (χ1v) is 7.09. The number of benzene rings is 2. The van der Waals surface area contributed by atoms with E-state index < -0.39 is 6.10 Å². The zero-order valence-corrected chi connectivity index (χ0v) is 12.8. The molecule has 5 heteroatoms. The topological polar surface area (TPSA) is 20.2 Å². The Balaban J connectivity index is 2.17. The summed E-state index contributed by atoms with van der Waals surface area (Å²) >= 11 is 14.8. The number of halogens is 4. The van der Waals surface area contributed by atoms with Crippen molar-refractivity contribution in [3.63, 3.8) is 0 Å². The van der Waals surface area contributed by atoms with E-state index in [1.807, 2.05) is 0 Å². The van der Waals surface area contributed by atoms with E-state index in [-0.39, 0.29) is 5.82 Å². The molecule has 0 aliphatic rings. The SMILES string of the molecule is OC(Cc1ccc(Cl)c(Cl)c1)c1ccc(F)c(Br)c1. The van der Waals surface area contributed by atoms with Crippen molar-refractivity contribution < 1.29 is 9.50 Å². The Kier molecular flexibility index (Phi) is 4.85. The van der Waals surface area contributed by atoms with Gasteiger partial charge >= 0.3 is 0 Å². The summed E-state index contributed by atoms with van der Waals surface area (Å²) in [5.74, 6) is -0.356. The smallest absolute Gasteiger partial charge is 0.137 e. The second kappa shape index (κ2) is 6.23. The Morgan fingerprint density at radius 3 is 2.47 bits per heavy atom. The highest BCUT2D eigenvalue weighted by Gasteiger charge is 2.11. The van der Waals surface area contributed by atoms with E-state index in [9.17, 15) is 9.50 Å². The molecule has 0 bridgehead atoms. The molecule has 0 fully saturated rings. The van der Waals surface area contributed by atoms with Crippen molar-refractivity contribution in [3.05, 3.63) is 67.9 Å². The summed E-state index contributed by atoms with van der Waals surface area (Å²) < 4.78 is 13.5. The van der Waals surface area contributed by atoms with Gasteiger partial charge in [0.05, 0.1) is 20.6 Å². The molecule has 0 aliphatic carbocycles. The molecule has 0 heterocycles. The molecule has 1 N–H and O–H groups in total. The molecule has 0 amide bonds. The second-order valence-corrected chi connectivity index (χ2v) is 5.81. The molecule has 2 rings (SSSR count). The Bertz CT molecular complexity index is 604. The molecule has 0 saturated carbocycles. The van der Waals surface area contributed by atoms with Gasteiger partial charge in [-0.25, -0.2) is 4.39 Å². The van der Waals surface area contributed by atoms with Crippen LogP contribution in [0.5, 0.6) is 0 Å². The monoisotopic (exact) mass is 362 g/mol. The van der Waals surface area contributed by atoms with Crippen molar-refractivity contribution in [1.82, 2.24) is 0 Å². The minimum atomic E-state index is -0.728. The Morgan fingerprint density at radius 1 is 1.11 bits per heavy atom. The number of hydrogen-bond donors (Lipinski definition) is 1. The fraction of sp³-hybridized carbons (Fsp3) is 0.143. The Hall–Kier alpha value is -0.610. The van der Waals surface area contributed by atoms with Crippen molar-refractivity contribution in [2.75, 3.05) is 0 Å². The molecule has 100 valence electrons. The van der Waals surface area contributed by atoms with Gasteiger partial charge in [0.15, 0.2) is 0 Å². The third-order valence-electron chi connectivity index (χ3n) is 2.74. The summed E-state index contributed by atoms with van der Waals surface area (Å²) in [6, 6.07) is 9.64. The van der Waals surface area contributed by atoms with Crippen LogP contribution < -0.4 is 0 Å². The highest BCUT2D eigenvalue weighted by molar-refractivity contribution is 9.10. The first kappa shape index (κ1) is 14.8. The number of aliphatic hydroxyl groups is 1. The maximum absolute atomic E-state index is 13.1. The van der Waals surface area contributed by atoms with Crippen LogP contribution >= 0.6 is 39.1 Å². The zero-order chi connectivity index (χ0) is 14.0. The summed E-state index contributed by atoms with van der Waals surface area (Å²) in [6.07, 6.45) is -0.344. The first-order chi connectivity index (χ1) is 8.97. The van der Waals surface area contributed by atoms with Crippen molar-refractivity contribution in [2.45, 2.75) is 12.5 Å². The van der Waals surface area contributed by atoms with Crippen LogP contribution in [0.1, 0.15) is 17.2 Å². The first-order valence-electron chi connectivity index (χ1n) is 5.54. The average molecular weight is 364 g/mol. The van der Waals surface area contributed by atoms with Crippen LogP contribution in [0.2, 0.25) is 10.0 Å². The van der Waals surface area contributed by atoms with E-state index in [0.717, 1.165) is 5.56 Å². The van der Waals surface area contributed by atoms with E-state index in [0.29, 0.717) is 26.5 Å². The molecule has 0 aromatic heterocycles. The van der Waals surface area contributed by atoms with Gasteiger partial charge in [-0.05, 0) is 51.3 Å². The van der Waals surface area contributed by atoms with E-state index >= 15 is 0 Å². The van der Waals surface area contributed by atoms with Crippen LogP contribution in [0.15, 0.2) is 40.9 Å². The maximum Gasteiger partial charge on any atom is 0.137 e. The summed E-state index contributed by atoms with van der Waals surface area (Å²) in [5.41, 5.74) is 1.50. The van der Waals surface area contributed by atoms with Gasteiger partial charge in [0.1, 0.15) is 5.82 Å². The van der Waals surface area contributed by atoms with Crippen molar-refractivity contribution in [3.8, 4) is 0 Å². The molecule has 1 unspecified atom stereocenters. The lowest BCUT2D eigenvalue weighted by atomic mass is 10.0. The zero-order valence-electron chi connectivity index (χ0n) is 9.71. The Morgan fingerprint density at radius 2 is 1.84 bits per heavy atom. The highest BCUT2D eigenvalue weighted by Crippen LogP contribution is 2.27. The predicted molar refractivity (Wildman–Crippen MR) is 79.2 cm³/mol. The van der Waals surface area contributed by atoms with E-state index in [1.165, 1.54) is 6.07 Å². The van der Waals surface area contributed by atoms with Crippen LogP contribution in [0.4, 0.5) is 4.39 Å². The largest absolute Gasteiger partial charge is 0.388 e. The summed E-state index contributed by atoms with van der Waals surface area (Å²) in [5, 5.41) is 11.1. The predicted octanol–water partition coefficient (Wildman–Crippen LogP) is 5.17. The van der Waals surface area contributed by atoms with Gasteiger partial charge in [0.25, 0.3) is 0 Å². The number of rotatable bonds is 3.